The molecule has 0 aliphatic rings. The minimum Gasteiger partial charge on any atom is -0.457 e. The first-order valence-electron chi connectivity index (χ1n) is 15.6. The molecule has 3 N–H and O–H groups in total. The quantitative estimate of drug-likeness (QED) is 0.380. The van der Waals surface area contributed by atoms with Gasteiger partial charge in [-0.05, 0) is 60.0 Å². The highest BCUT2D eigenvalue weighted by Gasteiger charge is 2.19. The monoisotopic (exact) mass is 464 g/mol. The second kappa shape index (κ2) is 10.3. The maximum absolute atomic E-state index is 13.2. The average molecular weight is 465 g/mol. The van der Waals surface area contributed by atoms with Crippen molar-refractivity contribution in [3.05, 3.63) is 107 Å². The minimum absolute atomic E-state index is 0.0521. The van der Waals surface area contributed by atoms with Crippen molar-refractivity contribution in [1.82, 2.24) is 4.98 Å². The summed E-state index contributed by atoms with van der Waals surface area (Å²) in [5.74, 6) is -3.72. The van der Waals surface area contributed by atoms with E-state index in [0.717, 1.165) is 30.3 Å². The van der Waals surface area contributed by atoms with Gasteiger partial charge in [0.25, 0.3) is 0 Å². The molecule has 0 spiro atoms. The standard InChI is InChI=1S/C28H27N3O3/c1-18-3-10-25(19(2)13-18)28(33)34-17-20-4-6-21(7-5-20)26(15-29)27(32)31-24-9-8-23-16-30-12-11-22(23)14-24/h3-14,16,26H,15,17,29H2,1-2H3,(H,31,32)/i1D3,2D3,15D2,16D,17D2. The van der Waals surface area contributed by atoms with Crippen molar-refractivity contribution in [1.29, 1.82) is 0 Å². The van der Waals surface area contributed by atoms with E-state index < -0.39 is 55.7 Å². The van der Waals surface area contributed by atoms with Crippen molar-refractivity contribution in [3.8, 4) is 0 Å². The first-order valence-corrected chi connectivity index (χ1v) is 10.1. The van der Waals surface area contributed by atoms with Crippen LogP contribution in [0.4, 0.5) is 5.69 Å². The Labute approximate surface area is 214 Å². The molecule has 1 aromatic heterocycles. The molecule has 6 nitrogen and oxygen atoms in total. The second-order valence-electron chi connectivity index (χ2n) is 7.32. The number of nitrogens with one attached hydrogen (secondary N) is 1. The highest BCUT2D eigenvalue weighted by Crippen LogP contribution is 2.22. The van der Waals surface area contributed by atoms with Gasteiger partial charge in [0.1, 0.15) is 6.56 Å². The summed E-state index contributed by atoms with van der Waals surface area (Å²) in [5.41, 5.74) is 4.43. The summed E-state index contributed by atoms with van der Waals surface area (Å²) in [7, 11) is 0. The van der Waals surface area contributed by atoms with Gasteiger partial charge in [-0.1, -0.05) is 48.0 Å². The smallest absolute Gasteiger partial charge is 0.338 e. The number of ether oxygens (including phenoxy) is 1. The number of aromatic nitrogens is 1. The third kappa shape index (κ3) is 5.30. The van der Waals surface area contributed by atoms with Gasteiger partial charge in [-0.3, -0.25) is 9.78 Å². The van der Waals surface area contributed by atoms with Crippen LogP contribution in [0.5, 0.6) is 0 Å². The molecule has 3 aromatic carbocycles. The maximum Gasteiger partial charge on any atom is 0.338 e. The lowest BCUT2D eigenvalue weighted by molar-refractivity contribution is -0.117. The number of rotatable bonds is 7. The van der Waals surface area contributed by atoms with Gasteiger partial charge in [0.15, 0.2) is 0 Å². The number of benzene rings is 3. The fourth-order valence-electron chi connectivity index (χ4n) is 3.27. The molecule has 6 heteroatoms. The Hall–Kier alpha value is -4.03. The Balaban J connectivity index is 1.58. The summed E-state index contributed by atoms with van der Waals surface area (Å²) in [4.78, 5) is 30.1. The number of esters is 1. The van der Waals surface area contributed by atoms with Gasteiger partial charge in [0, 0.05) is 40.9 Å². The summed E-state index contributed by atoms with van der Waals surface area (Å²) in [6.07, 6.45) is 1.49. The zero-order chi connectivity index (χ0) is 33.5. The second-order valence-corrected chi connectivity index (χ2v) is 7.32. The number of nitrogens with zero attached hydrogens (tertiary/aromatic N) is 1. The van der Waals surface area contributed by atoms with Gasteiger partial charge in [-0.25, -0.2) is 4.79 Å². The van der Waals surface area contributed by atoms with Crippen LogP contribution in [0.1, 0.15) is 53.6 Å². The number of carbonyl (C=O) groups excluding carboxylic acids is 2. The van der Waals surface area contributed by atoms with Crippen LogP contribution < -0.4 is 11.1 Å². The van der Waals surface area contributed by atoms with E-state index >= 15 is 0 Å². The normalized spacial score (nSPS) is 18.1. The number of pyridine rings is 1. The van der Waals surface area contributed by atoms with Gasteiger partial charge >= 0.3 is 5.97 Å². The predicted octanol–water partition coefficient (Wildman–Crippen LogP) is 4.89. The number of amides is 1. The molecule has 1 amide bonds. The van der Waals surface area contributed by atoms with Crippen molar-refractivity contribution >= 4 is 28.3 Å². The maximum atomic E-state index is 13.2. The van der Waals surface area contributed by atoms with Crippen LogP contribution in [0.3, 0.4) is 0 Å². The van der Waals surface area contributed by atoms with Crippen molar-refractivity contribution in [2.75, 3.05) is 11.8 Å². The van der Waals surface area contributed by atoms with Crippen molar-refractivity contribution < 1.29 is 29.4 Å². The van der Waals surface area contributed by atoms with Gasteiger partial charge in [-0.2, -0.15) is 0 Å². The van der Waals surface area contributed by atoms with Gasteiger partial charge < -0.3 is 15.8 Å². The summed E-state index contributed by atoms with van der Waals surface area (Å²) < 4.78 is 91.5. The number of aryl methyl sites for hydroxylation is 2. The molecule has 1 unspecified atom stereocenters. The number of hydrogen-bond donors (Lipinski definition) is 2. The molecule has 0 saturated heterocycles. The van der Waals surface area contributed by atoms with E-state index in [1.807, 2.05) is 0 Å². The fraction of sp³-hybridized carbons (Fsp3) is 0.179. The minimum atomic E-state index is -2.91. The van der Waals surface area contributed by atoms with Crippen LogP contribution in [0.25, 0.3) is 10.8 Å². The number of hydrogen-bond acceptors (Lipinski definition) is 5. The highest BCUT2D eigenvalue weighted by atomic mass is 16.5. The summed E-state index contributed by atoms with van der Waals surface area (Å²) in [5, 5.41) is 3.79. The zero-order valence-corrected chi connectivity index (χ0v) is 17.8. The summed E-state index contributed by atoms with van der Waals surface area (Å²) in [6.45, 7) is -10.9. The number of anilines is 1. The first-order chi connectivity index (χ1) is 20.7. The summed E-state index contributed by atoms with van der Waals surface area (Å²) >= 11 is 0. The van der Waals surface area contributed by atoms with Gasteiger partial charge in [0.05, 0.1) is 15.6 Å². The average Bonchev–Trinajstić information content (AvgIpc) is 2.91. The predicted molar refractivity (Wildman–Crippen MR) is 134 cm³/mol. The molecule has 0 aliphatic carbocycles. The third-order valence-corrected chi connectivity index (χ3v) is 5.01. The lowest BCUT2D eigenvalue weighted by Gasteiger charge is -2.16. The molecule has 0 fully saturated rings. The topological polar surface area (TPSA) is 94.3 Å². The van der Waals surface area contributed by atoms with E-state index in [1.165, 1.54) is 24.4 Å². The lowest BCUT2D eigenvalue weighted by Crippen LogP contribution is -2.27. The van der Waals surface area contributed by atoms with Crippen LogP contribution in [0.15, 0.2) is 79.1 Å². The number of carbonyl (C=O) groups is 2. The SMILES string of the molecule is [2H]c1nccc2cc(NC(=O)C(c3ccc(C([2H])([2H])OC(=O)c4ccc(C([2H])([2H])[2H])cc4C([2H])([2H])[2H])cc3)C([2H])([2H])N)ccc12. The van der Waals surface area contributed by atoms with E-state index in [0.29, 0.717) is 16.5 Å². The molecule has 4 aromatic rings. The molecule has 1 heterocycles. The Morgan fingerprint density at radius 2 is 1.94 bits per heavy atom. The third-order valence-electron chi connectivity index (χ3n) is 5.01. The van der Waals surface area contributed by atoms with Crippen molar-refractivity contribution in [3.63, 3.8) is 0 Å². The molecule has 4 rings (SSSR count). The Morgan fingerprint density at radius 1 is 1.09 bits per heavy atom. The largest absolute Gasteiger partial charge is 0.457 e. The molecule has 1 atom stereocenters. The molecular formula is C28H27N3O3. The Kier molecular flexibility index (Phi) is 3.93. The molecule has 34 heavy (non-hydrogen) atoms. The van der Waals surface area contributed by atoms with E-state index in [1.54, 1.807) is 18.2 Å². The zero-order valence-electron chi connectivity index (χ0n) is 28.8. The number of fused-ring (bicyclic) bond motifs is 1. The summed E-state index contributed by atoms with van der Waals surface area (Å²) in [6, 6.07) is 14.0. The van der Waals surface area contributed by atoms with Crippen LogP contribution in [-0.4, -0.2) is 23.4 Å². The fourth-order valence-corrected chi connectivity index (χ4v) is 3.27. The lowest BCUT2D eigenvalue weighted by atomic mass is 9.97. The van der Waals surface area contributed by atoms with Crippen molar-refractivity contribution in [2.45, 2.75) is 26.2 Å². The molecule has 0 saturated carbocycles. The van der Waals surface area contributed by atoms with E-state index in [-0.39, 0.29) is 22.9 Å². The highest BCUT2D eigenvalue weighted by molar-refractivity contribution is 5.98. The van der Waals surface area contributed by atoms with Gasteiger partial charge in [0.2, 0.25) is 5.91 Å². The van der Waals surface area contributed by atoms with Crippen LogP contribution in [-0.2, 0) is 16.1 Å². The van der Waals surface area contributed by atoms with Gasteiger partial charge in [-0.15, -0.1) is 0 Å². The Morgan fingerprint density at radius 3 is 2.71 bits per heavy atom. The molecule has 0 radical (unpaired) electrons. The van der Waals surface area contributed by atoms with E-state index in [2.05, 4.69) is 10.3 Å². The van der Waals surface area contributed by atoms with E-state index in [4.69, 9.17) is 25.5 Å². The molecular weight excluding hydrogens is 426 g/mol. The molecule has 0 bridgehead atoms. The number of nitrogens with two attached hydrogens (primary N) is 1. The Bertz CT molecular complexity index is 1750. The van der Waals surface area contributed by atoms with Crippen molar-refractivity contribution in [2.24, 2.45) is 5.73 Å². The van der Waals surface area contributed by atoms with Crippen LogP contribution >= 0.6 is 0 Å². The first kappa shape index (κ1) is 13.0. The van der Waals surface area contributed by atoms with Crippen LogP contribution in [0, 0.1) is 13.7 Å². The molecule has 0 aliphatic heterocycles. The van der Waals surface area contributed by atoms with E-state index in [9.17, 15) is 9.59 Å². The van der Waals surface area contributed by atoms with Crippen LogP contribution in [0.2, 0.25) is 0 Å². The molecule has 172 valence electrons.